The van der Waals surface area contributed by atoms with Crippen molar-refractivity contribution < 1.29 is 24.9 Å². The van der Waals surface area contributed by atoms with Crippen LogP contribution in [-0.4, -0.2) is 57.3 Å². The molecule has 1 aliphatic carbocycles. The molecule has 3 aliphatic rings. The Morgan fingerprint density at radius 2 is 2.16 bits per heavy atom. The van der Waals surface area contributed by atoms with Crippen molar-refractivity contribution >= 4 is 11.9 Å². The Morgan fingerprint density at radius 3 is 2.84 bits per heavy atom. The zero-order valence-electron chi connectivity index (χ0n) is 10.4. The van der Waals surface area contributed by atoms with E-state index in [1.54, 1.807) is 0 Å². The molecule has 1 spiro atoms. The fourth-order valence-electron chi connectivity index (χ4n) is 3.56. The quantitative estimate of drug-likeness (QED) is 0.301. The minimum atomic E-state index is -1.60. The molecule has 1 saturated carbocycles. The molecule has 8 nitrogen and oxygen atoms in total. The van der Waals surface area contributed by atoms with Gasteiger partial charge in [-0.2, -0.15) is 0 Å². The van der Waals surface area contributed by atoms with E-state index in [0.717, 1.165) is 0 Å². The zero-order valence-corrected chi connectivity index (χ0v) is 10.4. The van der Waals surface area contributed by atoms with E-state index in [4.69, 9.17) is 10.5 Å². The smallest absolute Gasteiger partial charge is 0.337 e. The van der Waals surface area contributed by atoms with Gasteiger partial charge in [0.25, 0.3) is 0 Å². The van der Waals surface area contributed by atoms with Crippen LogP contribution < -0.4 is 11.1 Å². The van der Waals surface area contributed by atoms with Gasteiger partial charge in [-0.15, -0.1) is 0 Å². The molecular formula is C11H17N3O5. The minimum absolute atomic E-state index is 0.107. The van der Waals surface area contributed by atoms with Gasteiger partial charge in [0.05, 0.1) is 0 Å². The average molecular weight is 271 g/mol. The van der Waals surface area contributed by atoms with Gasteiger partial charge < -0.3 is 31.1 Å². The van der Waals surface area contributed by atoms with Gasteiger partial charge in [-0.25, -0.2) is 9.79 Å². The molecule has 2 fully saturated rings. The first kappa shape index (κ1) is 12.6. The molecule has 6 N–H and O–H groups in total. The summed E-state index contributed by atoms with van der Waals surface area (Å²) in [5.74, 6) is -1.68. The van der Waals surface area contributed by atoms with E-state index in [1.807, 2.05) is 6.92 Å². The van der Waals surface area contributed by atoms with Crippen LogP contribution in [0.1, 0.15) is 13.3 Å². The van der Waals surface area contributed by atoms with E-state index < -0.39 is 42.0 Å². The largest absolute Gasteiger partial charge is 0.457 e. The zero-order chi connectivity index (χ0) is 13.9. The standard InChI is InChI=1S/C11H17N3O5/c1-3-2-4-8(17)13-10(12)14-11(4)6(15)5(3)19-9(18)7(11)16/h3-8,15-17H,2H2,1H3,(H3,12,13,14)/t3-,4-,5+,6+,7+,8-,11+/m1/s1. The van der Waals surface area contributed by atoms with E-state index in [-0.39, 0.29) is 11.9 Å². The SMILES string of the molecule is C[C@@H]1C[C@@H]2[C@@H](O)N=C(N)N[C@@]23[C@@H](O)C(=O)O[C@@H]1[C@@H]3O. The van der Waals surface area contributed by atoms with Gasteiger partial charge in [0.1, 0.15) is 17.7 Å². The Balaban J connectivity index is 2.13. The van der Waals surface area contributed by atoms with Crippen molar-refractivity contribution in [2.45, 2.75) is 43.4 Å². The maximum Gasteiger partial charge on any atom is 0.337 e. The number of carbonyl (C=O) groups excluding carboxylic acids is 1. The van der Waals surface area contributed by atoms with Crippen molar-refractivity contribution in [3.8, 4) is 0 Å². The van der Waals surface area contributed by atoms with E-state index in [0.29, 0.717) is 6.42 Å². The molecule has 0 aromatic rings. The van der Waals surface area contributed by atoms with Crippen LogP contribution in [0, 0.1) is 11.8 Å². The van der Waals surface area contributed by atoms with Crippen molar-refractivity contribution in [1.29, 1.82) is 0 Å². The van der Waals surface area contributed by atoms with Crippen LogP contribution in [-0.2, 0) is 9.53 Å². The number of aliphatic hydroxyl groups excluding tert-OH is 3. The van der Waals surface area contributed by atoms with E-state index in [1.165, 1.54) is 0 Å². The summed E-state index contributed by atoms with van der Waals surface area (Å²) in [6.45, 7) is 1.82. The van der Waals surface area contributed by atoms with Gasteiger partial charge >= 0.3 is 5.97 Å². The maximum absolute atomic E-state index is 11.8. The lowest BCUT2D eigenvalue weighted by atomic mass is 9.61. The lowest BCUT2D eigenvalue weighted by Gasteiger charge is -2.58. The molecule has 3 rings (SSSR count). The third-order valence-electron chi connectivity index (χ3n) is 4.50. The van der Waals surface area contributed by atoms with Gasteiger partial charge in [-0.1, -0.05) is 6.92 Å². The molecule has 106 valence electrons. The first-order valence-electron chi connectivity index (χ1n) is 6.24. The van der Waals surface area contributed by atoms with Gasteiger partial charge in [-0.3, -0.25) is 0 Å². The Bertz CT molecular complexity index is 456. The summed E-state index contributed by atoms with van der Waals surface area (Å²) >= 11 is 0. The average Bonchev–Trinajstić information content (AvgIpc) is 2.33. The fourth-order valence-corrected chi connectivity index (χ4v) is 3.56. The normalized spacial score (nSPS) is 52.6. The number of carbonyl (C=O) groups is 1. The fraction of sp³-hybridized carbons (Fsp3) is 0.818. The van der Waals surface area contributed by atoms with Crippen LogP contribution in [0.25, 0.3) is 0 Å². The molecule has 8 heteroatoms. The number of hydrogen-bond donors (Lipinski definition) is 5. The summed E-state index contributed by atoms with van der Waals surface area (Å²) < 4.78 is 5.07. The van der Waals surface area contributed by atoms with Gasteiger partial charge in [0.2, 0.25) is 0 Å². The third kappa shape index (κ3) is 1.44. The van der Waals surface area contributed by atoms with Gasteiger partial charge in [0, 0.05) is 5.92 Å². The Labute approximate surface area is 109 Å². The van der Waals surface area contributed by atoms with Gasteiger partial charge in [-0.05, 0) is 12.3 Å². The second kappa shape index (κ2) is 3.81. The van der Waals surface area contributed by atoms with E-state index >= 15 is 0 Å². The molecule has 2 heterocycles. The molecule has 0 radical (unpaired) electrons. The monoisotopic (exact) mass is 271 g/mol. The highest BCUT2D eigenvalue weighted by Gasteiger charge is 2.67. The number of nitrogens with two attached hydrogens (primary N) is 1. The summed E-state index contributed by atoms with van der Waals surface area (Å²) in [5.41, 5.74) is 4.14. The first-order chi connectivity index (χ1) is 8.87. The van der Waals surface area contributed by atoms with Crippen molar-refractivity contribution in [3.63, 3.8) is 0 Å². The molecule has 0 aromatic heterocycles. The predicted molar refractivity (Wildman–Crippen MR) is 62.7 cm³/mol. The van der Waals surface area contributed by atoms with Crippen molar-refractivity contribution in [2.75, 3.05) is 0 Å². The molecule has 19 heavy (non-hydrogen) atoms. The number of guanidine groups is 1. The van der Waals surface area contributed by atoms with Crippen LogP contribution in [0.2, 0.25) is 0 Å². The predicted octanol–water partition coefficient (Wildman–Crippen LogP) is -2.74. The summed E-state index contributed by atoms with van der Waals surface area (Å²) in [6.07, 6.45) is -4.19. The number of hydrogen-bond acceptors (Lipinski definition) is 8. The van der Waals surface area contributed by atoms with Crippen LogP contribution in [0.3, 0.4) is 0 Å². The lowest BCUT2D eigenvalue weighted by Crippen LogP contribution is -2.81. The number of esters is 1. The number of aliphatic imine (C=N–C) groups is 1. The first-order valence-corrected chi connectivity index (χ1v) is 6.24. The number of ether oxygens (including phenoxy) is 1. The summed E-state index contributed by atoms with van der Waals surface area (Å²) in [5, 5.41) is 33.3. The molecule has 0 unspecified atom stereocenters. The molecule has 2 bridgehead atoms. The summed E-state index contributed by atoms with van der Waals surface area (Å²) in [4.78, 5) is 15.6. The molecular weight excluding hydrogens is 254 g/mol. The highest BCUT2D eigenvalue weighted by Crippen LogP contribution is 2.47. The summed E-state index contributed by atoms with van der Waals surface area (Å²) in [6, 6.07) is 0. The van der Waals surface area contributed by atoms with E-state index in [2.05, 4.69) is 10.3 Å². The highest BCUT2D eigenvalue weighted by molar-refractivity contribution is 5.84. The van der Waals surface area contributed by atoms with E-state index in [9.17, 15) is 20.1 Å². The lowest BCUT2D eigenvalue weighted by molar-refractivity contribution is -0.235. The maximum atomic E-state index is 11.8. The van der Waals surface area contributed by atoms with Gasteiger partial charge in [0.15, 0.2) is 18.3 Å². The number of aliphatic hydroxyl groups is 3. The Hall–Kier alpha value is -1.38. The third-order valence-corrected chi connectivity index (χ3v) is 4.50. The number of nitrogens with one attached hydrogen (secondary N) is 1. The van der Waals surface area contributed by atoms with Crippen molar-refractivity contribution in [3.05, 3.63) is 0 Å². The molecule has 2 aliphatic heterocycles. The number of nitrogens with zero attached hydrogens (tertiary/aromatic N) is 1. The highest BCUT2D eigenvalue weighted by atomic mass is 16.6. The topological polar surface area (TPSA) is 137 Å². The number of rotatable bonds is 0. The Morgan fingerprint density at radius 1 is 1.47 bits per heavy atom. The molecule has 0 aromatic carbocycles. The van der Waals surface area contributed by atoms with Crippen LogP contribution in [0.15, 0.2) is 4.99 Å². The minimum Gasteiger partial charge on any atom is -0.457 e. The second-order valence-electron chi connectivity index (χ2n) is 5.55. The van der Waals surface area contributed by atoms with Crippen molar-refractivity contribution in [2.24, 2.45) is 22.6 Å². The number of fused-ring (bicyclic) bond motifs is 1. The second-order valence-corrected chi connectivity index (χ2v) is 5.55. The Kier molecular flexibility index (Phi) is 2.54. The van der Waals surface area contributed by atoms with Crippen LogP contribution in [0.4, 0.5) is 0 Å². The van der Waals surface area contributed by atoms with Crippen LogP contribution >= 0.6 is 0 Å². The molecule has 1 saturated heterocycles. The van der Waals surface area contributed by atoms with Crippen LogP contribution in [0.5, 0.6) is 0 Å². The molecule has 0 amide bonds. The molecule has 7 atom stereocenters. The van der Waals surface area contributed by atoms with Crippen molar-refractivity contribution in [1.82, 2.24) is 5.32 Å². The summed E-state index contributed by atoms with van der Waals surface area (Å²) in [7, 11) is 0.